The predicted octanol–water partition coefficient (Wildman–Crippen LogP) is 6.40. The summed E-state index contributed by atoms with van der Waals surface area (Å²) in [4.78, 5) is 3.58. The molecule has 0 aliphatic carbocycles. The van der Waals surface area contributed by atoms with E-state index in [4.69, 9.17) is 0 Å². The number of nitrogens with zero attached hydrogens (tertiary/aromatic N) is 1. The van der Waals surface area contributed by atoms with Crippen LogP contribution in [-0.2, 0) is 0 Å². The van der Waals surface area contributed by atoms with Crippen molar-refractivity contribution < 1.29 is 0 Å². The molecule has 1 atom stereocenters. The van der Waals surface area contributed by atoms with Crippen LogP contribution in [0.2, 0.25) is 0 Å². The van der Waals surface area contributed by atoms with Gasteiger partial charge >= 0.3 is 0 Å². The Kier molecular flexibility index (Phi) is 4.32. The van der Waals surface area contributed by atoms with E-state index in [-0.39, 0.29) is 5.92 Å². The van der Waals surface area contributed by atoms with Gasteiger partial charge in [-0.1, -0.05) is 74.2 Å². The summed E-state index contributed by atoms with van der Waals surface area (Å²) >= 11 is 0. The average Bonchev–Trinajstić information content (AvgIpc) is 3.36. The first-order valence-electron chi connectivity index (χ1n) is 8.91. The van der Waals surface area contributed by atoms with E-state index in [9.17, 15) is 0 Å². The van der Waals surface area contributed by atoms with Gasteiger partial charge in [0.1, 0.15) is 0 Å². The van der Waals surface area contributed by atoms with E-state index in [1.807, 2.05) is 18.3 Å². The molecule has 0 saturated carbocycles. The van der Waals surface area contributed by atoms with Gasteiger partial charge in [-0.15, -0.1) is 0 Å². The zero-order valence-corrected chi connectivity index (χ0v) is 14.9. The van der Waals surface area contributed by atoms with Crippen molar-refractivity contribution in [2.24, 2.45) is 0 Å². The summed E-state index contributed by atoms with van der Waals surface area (Å²) in [5.74, 6) is 0.239. The third kappa shape index (κ3) is 2.91. The van der Waals surface area contributed by atoms with Gasteiger partial charge in [0, 0.05) is 29.2 Å². The van der Waals surface area contributed by atoms with E-state index in [0.29, 0.717) is 0 Å². The van der Waals surface area contributed by atoms with Gasteiger partial charge in [0.15, 0.2) is 0 Å². The minimum Gasteiger partial charge on any atom is -0.358 e. The van der Waals surface area contributed by atoms with Crippen LogP contribution < -0.4 is 0 Å². The molecule has 0 spiro atoms. The lowest BCUT2D eigenvalue weighted by molar-refractivity contribution is 0.823. The number of hydrogen-bond donors (Lipinski definition) is 1. The Bertz CT molecular complexity index is 1010. The Morgan fingerprint density at radius 3 is 2.12 bits per heavy atom. The average molecular weight is 338 g/mol. The normalized spacial score (nSPS) is 12.0. The molecule has 128 valence electrons. The minimum absolute atomic E-state index is 0.239. The maximum absolute atomic E-state index is 4.03. The van der Waals surface area contributed by atoms with Gasteiger partial charge in [-0.3, -0.25) is 0 Å². The van der Waals surface area contributed by atoms with E-state index < -0.39 is 0 Å². The lowest BCUT2D eigenvalue weighted by atomic mass is 10.0. The minimum atomic E-state index is 0.239. The number of benzene rings is 2. The van der Waals surface area contributed by atoms with Gasteiger partial charge in [0.05, 0.1) is 5.69 Å². The van der Waals surface area contributed by atoms with Gasteiger partial charge in [0.25, 0.3) is 0 Å². The number of hydrogen-bond acceptors (Lipinski definition) is 0. The van der Waals surface area contributed by atoms with E-state index in [0.717, 1.165) is 11.4 Å². The van der Waals surface area contributed by atoms with Crippen LogP contribution in [-0.4, -0.2) is 9.55 Å². The molecule has 0 radical (unpaired) electrons. The second-order valence-electron chi connectivity index (χ2n) is 6.48. The van der Waals surface area contributed by atoms with Crippen LogP contribution in [0.15, 0.2) is 91.5 Å². The smallest absolute Gasteiger partial charge is 0.0525 e. The Morgan fingerprint density at radius 1 is 0.808 bits per heavy atom. The number of aromatic nitrogens is 2. The fourth-order valence-corrected chi connectivity index (χ4v) is 3.47. The molecule has 2 nitrogen and oxygen atoms in total. The summed E-state index contributed by atoms with van der Waals surface area (Å²) in [5, 5.41) is 0. The van der Waals surface area contributed by atoms with Crippen LogP contribution in [0.1, 0.15) is 24.2 Å². The van der Waals surface area contributed by atoms with Crippen molar-refractivity contribution >= 4 is 6.20 Å². The van der Waals surface area contributed by atoms with E-state index in [2.05, 4.69) is 95.9 Å². The van der Waals surface area contributed by atoms with Crippen LogP contribution in [0, 0.1) is 0 Å². The van der Waals surface area contributed by atoms with Crippen molar-refractivity contribution in [3.8, 4) is 22.5 Å². The number of nitrogens with one attached hydrogen (secondary N) is 1. The number of rotatable bonds is 5. The van der Waals surface area contributed by atoms with Crippen LogP contribution >= 0.6 is 0 Å². The van der Waals surface area contributed by atoms with Crippen molar-refractivity contribution in [3.05, 3.63) is 103 Å². The van der Waals surface area contributed by atoms with Gasteiger partial charge in [0.2, 0.25) is 0 Å². The summed E-state index contributed by atoms with van der Waals surface area (Å²) < 4.78 is 2.18. The van der Waals surface area contributed by atoms with Crippen molar-refractivity contribution in [1.29, 1.82) is 0 Å². The molecule has 2 aromatic heterocycles. The predicted molar refractivity (Wildman–Crippen MR) is 110 cm³/mol. The fraction of sp³-hybridized carbons (Fsp3) is 0.0833. The highest BCUT2D eigenvalue weighted by atomic mass is 15.0. The van der Waals surface area contributed by atoms with E-state index >= 15 is 0 Å². The molecule has 0 bridgehead atoms. The zero-order chi connectivity index (χ0) is 17.9. The highest BCUT2D eigenvalue weighted by Gasteiger charge is 2.17. The number of aromatic amines is 1. The summed E-state index contributed by atoms with van der Waals surface area (Å²) in [6, 6.07) is 29.5. The van der Waals surface area contributed by atoms with E-state index in [1.54, 1.807) is 0 Å². The summed E-state index contributed by atoms with van der Waals surface area (Å²) in [6.07, 6.45) is 1.90. The lowest BCUT2D eigenvalue weighted by Crippen LogP contribution is -2.03. The maximum atomic E-state index is 4.03. The SMILES string of the molecule is C=Cn1c(-c2ccccc2)ccc1C(C)c1ccc(-c2ccccc2)[nH]1. The molecule has 1 N–H and O–H groups in total. The van der Waals surface area contributed by atoms with Crippen molar-refractivity contribution in [3.63, 3.8) is 0 Å². The first kappa shape index (κ1) is 16.2. The molecule has 1 unspecified atom stereocenters. The highest BCUT2D eigenvalue weighted by molar-refractivity contribution is 5.64. The fourth-order valence-electron chi connectivity index (χ4n) is 3.47. The monoisotopic (exact) mass is 338 g/mol. The summed E-state index contributed by atoms with van der Waals surface area (Å²) in [5.41, 5.74) is 7.13. The first-order chi connectivity index (χ1) is 12.8. The molecule has 4 aromatic rings. The van der Waals surface area contributed by atoms with Crippen LogP contribution in [0.5, 0.6) is 0 Å². The summed E-state index contributed by atoms with van der Waals surface area (Å²) in [7, 11) is 0. The van der Waals surface area contributed by atoms with Crippen LogP contribution in [0.25, 0.3) is 28.7 Å². The Balaban J connectivity index is 1.69. The standard InChI is InChI=1S/C24H22N2/c1-3-26-23(16-17-24(26)20-12-8-5-9-13-20)18(2)21-14-15-22(25-21)19-10-6-4-7-11-19/h3-18,25H,1H2,2H3. The molecule has 2 aromatic carbocycles. The molecular weight excluding hydrogens is 316 g/mol. The first-order valence-corrected chi connectivity index (χ1v) is 8.91. The largest absolute Gasteiger partial charge is 0.358 e. The molecule has 0 aliphatic rings. The molecule has 4 rings (SSSR count). The van der Waals surface area contributed by atoms with Crippen molar-refractivity contribution in [2.45, 2.75) is 12.8 Å². The molecule has 2 heterocycles. The van der Waals surface area contributed by atoms with Crippen LogP contribution in [0.3, 0.4) is 0 Å². The maximum Gasteiger partial charge on any atom is 0.0525 e. The Morgan fingerprint density at radius 2 is 1.46 bits per heavy atom. The molecule has 0 aliphatic heterocycles. The van der Waals surface area contributed by atoms with Gasteiger partial charge in [-0.25, -0.2) is 0 Å². The van der Waals surface area contributed by atoms with Crippen molar-refractivity contribution in [2.75, 3.05) is 0 Å². The molecule has 26 heavy (non-hydrogen) atoms. The van der Waals surface area contributed by atoms with Gasteiger partial charge in [-0.05, 0) is 35.4 Å². The third-order valence-electron chi connectivity index (χ3n) is 4.91. The molecule has 2 heteroatoms. The van der Waals surface area contributed by atoms with E-state index in [1.165, 1.54) is 22.5 Å². The third-order valence-corrected chi connectivity index (χ3v) is 4.91. The Labute approximate surface area is 154 Å². The second kappa shape index (κ2) is 6.93. The number of H-pyrrole nitrogens is 1. The van der Waals surface area contributed by atoms with Crippen molar-refractivity contribution in [1.82, 2.24) is 9.55 Å². The zero-order valence-electron chi connectivity index (χ0n) is 14.9. The second-order valence-corrected chi connectivity index (χ2v) is 6.48. The molecule has 0 amide bonds. The molecule has 0 saturated heterocycles. The molecule has 0 fully saturated rings. The molecular formula is C24H22N2. The Hall–Kier alpha value is -3.26. The lowest BCUT2D eigenvalue weighted by Gasteiger charge is -2.14. The summed E-state index contributed by atoms with van der Waals surface area (Å²) in [6.45, 7) is 6.26. The van der Waals surface area contributed by atoms with Gasteiger partial charge < -0.3 is 9.55 Å². The topological polar surface area (TPSA) is 20.7 Å². The quantitative estimate of drug-likeness (QED) is 0.434. The highest BCUT2D eigenvalue weighted by Crippen LogP contribution is 2.31. The van der Waals surface area contributed by atoms with Gasteiger partial charge in [-0.2, -0.15) is 0 Å². The van der Waals surface area contributed by atoms with Crippen LogP contribution in [0.4, 0.5) is 0 Å².